The van der Waals surface area contributed by atoms with Gasteiger partial charge in [-0.15, -0.1) is 0 Å². The summed E-state index contributed by atoms with van der Waals surface area (Å²) in [5, 5.41) is 10.2. The number of sulfonamides is 1. The second kappa shape index (κ2) is 8.00. The molecule has 0 atom stereocenters. The third-order valence-electron chi connectivity index (χ3n) is 4.57. The van der Waals surface area contributed by atoms with Gasteiger partial charge in [-0.1, -0.05) is 6.07 Å². The van der Waals surface area contributed by atoms with Gasteiger partial charge in [-0.3, -0.25) is 14.6 Å². The van der Waals surface area contributed by atoms with Crippen molar-refractivity contribution in [1.82, 2.24) is 10.2 Å². The average molecular weight is 460 g/mol. The quantitative estimate of drug-likeness (QED) is 0.404. The summed E-state index contributed by atoms with van der Waals surface area (Å²) in [5.41, 5.74) is 0.350. The van der Waals surface area contributed by atoms with E-state index in [1.165, 1.54) is 30.3 Å². The van der Waals surface area contributed by atoms with Gasteiger partial charge in [0.2, 0.25) is 0 Å². The smallest absolute Gasteiger partial charge is 0.322 e. The van der Waals surface area contributed by atoms with E-state index in [1.807, 2.05) is 0 Å². The minimum Gasteiger partial charge on any atom is -0.322 e. The Morgan fingerprint density at radius 1 is 0.938 bits per heavy atom. The van der Waals surface area contributed by atoms with Crippen LogP contribution in [0, 0.1) is 0 Å². The van der Waals surface area contributed by atoms with Gasteiger partial charge in [-0.05, 0) is 60.7 Å². The maximum Gasteiger partial charge on any atom is 0.416 e. The molecule has 0 bridgehead atoms. The Bertz CT molecular complexity index is 1400. The Balaban J connectivity index is 1.49. The average Bonchev–Trinajstić information content (AvgIpc) is 3.21. The molecular formula is C21H15F3N4O3S. The van der Waals surface area contributed by atoms with Gasteiger partial charge in [0.05, 0.1) is 22.2 Å². The molecule has 1 amide bonds. The summed E-state index contributed by atoms with van der Waals surface area (Å²) in [5.74, 6) is -0.456. The summed E-state index contributed by atoms with van der Waals surface area (Å²) in [6.07, 6.45) is -2.99. The number of amides is 1. The standard InChI is InChI=1S/C21H15F3N4O3S/c22-21(23,24)15-2-1-3-17(11-15)28-32(30,31)18-7-4-13(5-8-18)20(29)26-16-6-9-19-14(10-16)12-25-27-19/h1-12,28H,(H,25,27)(H,26,29). The molecule has 0 radical (unpaired) electrons. The maximum absolute atomic E-state index is 12.8. The Kier molecular flexibility index (Phi) is 5.35. The molecule has 0 aliphatic heterocycles. The molecule has 1 aromatic heterocycles. The van der Waals surface area contributed by atoms with E-state index in [4.69, 9.17) is 0 Å². The zero-order chi connectivity index (χ0) is 22.9. The number of fused-ring (bicyclic) bond motifs is 1. The Morgan fingerprint density at radius 3 is 2.41 bits per heavy atom. The molecule has 4 rings (SSSR count). The summed E-state index contributed by atoms with van der Waals surface area (Å²) in [7, 11) is -4.15. The molecule has 7 nitrogen and oxygen atoms in total. The number of hydrogen-bond acceptors (Lipinski definition) is 4. The van der Waals surface area contributed by atoms with Crippen LogP contribution in [0.1, 0.15) is 15.9 Å². The molecule has 11 heteroatoms. The summed E-state index contributed by atoms with van der Waals surface area (Å²) in [6.45, 7) is 0. The number of nitrogens with zero attached hydrogens (tertiary/aromatic N) is 1. The second-order valence-corrected chi connectivity index (χ2v) is 8.52. The van der Waals surface area contributed by atoms with Crippen molar-refractivity contribution >= 4 is 38.2 Å². The number of anilines is 2. The highest BCUT2D eigenvalue weighted by atomic mass is 32.2. The Hall–Kier alpha value is -3.86. The third kappa shape index (κ3) is 4.57. The van der Waals surface area contributed by atoms with Crippen LogP contribution < -0.4 is 10.0 Å². The van der Waals surface area contributed by atoms with Gasteiger partial charge in [0, 0.05) is 22.3 Å². The normalized spacial score (nSPS) is 12.0. The van der Waals surface area contributed by atoms with Crippen LogP contribution in [0.25, 0.3) is 10.9 Å². The van der Waals surface area contributed by atoms with Crippen LogP contribution in [-0.2, 0) is 16.2 Å². The number of halogens is 3. The number of rotatable bonds is 5. The fourth-order valence-electron chi connectivity index (χ4n) is 2.98. The lowest BCUT2D eigenvalue weighted by molar-refractivity contribution is -0.137. The number of H-pyrrole nitrogens is 1. The summed E-state index contributed by atoms with van der Waals surface area (Å²) in [4.78, 5) is 12.3. The number of carbonyl (C=O) groups is 1. The van der Waals surface area contributed by atoms with Gasteiger partial charge in [0.15, 0.2) is 0 Å². The molecule has 0 fully saturated rings. The lowest BCUT2D eigenvalue weighted by Crippen LogP contribution is -2.15. The van der Waals surface area contributed by atoms with Crippen LogP contribution >= 0.6 is 0 Å². The van der Waals surface area contributed by atoms with Gasteiger partial charge in [0.25, 0.3) is 15.9 Å². The summed E-state index contributed by atoms with van der Waals surface area (Å²) >= 11 is 0. The van der Waals surface area contributed by atoms with E-state index in [2.05, 4.69) is 20.2 Å². The first-order valence-corrected chi connectivity index (χ1v) is 10.6. The van der Waals surface area contributed by atoms with Crippen LogP contribution in [0.3, 0.4) is 0 Å². The molecule has 3 N–H and O–H groups in total. The third-order valence-corrected chi connectivity index (χ3v) is 5.96. The van der Waals surface area contributed by atoms with Crippen molar-refractivity contribution in [2.24, 2.45) is 0 Å². The molecule has 0 unspecified atom stereocenters. The highest BCUT2D eigenvalue weighted by Gasteiger charge is 2.30. The van der Waals surface area contributed by atoms with E-state index < -0.39 is 27.7 Å². The van der Waals surface area contributed by atoms with Crippen LogP contribution in [-0.4, -0.2) is 24.5 Å². The van der Waals surface area contributed by atoms with Crippen LogP contribution in [0.15, 0.2) is 77.8 Å². The van der Waals surface area contributed by atoms with E-state index in [-0.39, 0.29) is 16.1 Å². The lowest BCUT2D eigenvalue weighted by Gasteiger charge is -2.12. The van der Waals surface area contributed by atoms with Crippen molar-refractivity contribution in [3.05, 3.63) is 84.1 Å². The minimum absolute atomic E-state index is 0.203. The van der Waals surface area contributed by atoms with Crippen LogP contribution in [0.2, 0.25) is 0 Å². The van der Waals surface area contributed by atoms with Crippen molar-refractivity contribution in [1.29, 1.82) is 0 Å². The molecule has 0 spiro atoms. The summed E-state index contributed by atoms with van der Waals surface area (Å²) in [6, 6.07) is 14.1. The minimum atomic E-state index is -4.60. The zero-order valence-corrected chi connectivity index (χ0v) is 17.0. The first-order chi connectivity index (χ1) is 15.1. The molecule has 0 saturated heterocycles. The molecular weight excluding hydrogens is 445 g/mol. The molecule has 32 heavy (non-hydrogen) atoms. The Morgan fingerprint density at radius 2 is 1.69 bits per heavy atom. The number of carbonyl (C=O) groups excluding carboxylic acids is 1. The first-order valence-electron chi connectivity index (χ1n) is 9.16. The highest BCUT2D eigenvalue weighted by molar-refractivity contribution is 7.92. The van der Waals surface area contributed by atoms with Crippen molar-refractivity contribution in [2.45, 2.75) is 11.1 Å². The molecule has 164 valence electrons. The lowest BCUT2D eigenvalue weighted by atomic mass is 10.2. The zero-order valence-electron chi connectivity index (χ0n) is 16.1. The van der Waals surface area contributed by atoms with Crippen molar-refractivity contribution in [3.63, 3.8) is 0 Å². The van der Waals surface area contributed by atoms with Gasteiger partial charge in [-0.2, -0.15) is 18.3 Å². The van der Waals surface area contributed by atoms with Gasteiger partial charge in [-0.25, -0.2) is 8.42 Å². The topological polar surface area (TPSA) is 104 Å². The molecule has 0 saturated carbocycles. The molecule has 0 aliphatic rings. The van der Waals surface area contributed by atoms with E-state index in [9.17, 15) is 26.4 Å². The van der Waals surface area contributed by atoms with E-state index in [1.54, 1.807) is 24.4 Å². The monoisotopic (exact) mass is 460 g/mol. The fourth-order valence-corrected chi connectivity index (χ4v) is 4.03. The van der Waals surface area contributed by atoms with Crippen LogP contribution in [0.4, 0.5) is 24.5 Å². The van der Waals surface area contributed by atoms with Crippen molar-refractivity contribution < 1.29 is 26.4 Å². The number of benzene rings is 3. The number of aromatic amines is 1. The molecule has 4 aromatic rings. The van der Waals surface area contributed by atoms with E-state index >= 15 is 0 Å². The second-order valence-electron chi connectivity index (χ2n) is 6.83. The summed E-state index contributed by atoms with van der Waals surface area (Å²) < 4.78 is 65.7. The number of aromatic nitrogens is 2. The highest BCUT2D eigenvalue weighted by Crippen LogP contribution is 2.31. The largest absolute Gasteiger partial charge is 0.416 e. The van der Waals surface area contributed by atoms with Gasteiger partial charge in [0.1, 0.15) is 0 Å². The van der Waals surface area contributed by atoms with Gasteiger partial charge >= 0.3 is 6.18 Å². The number of nitrogens with one attached hydrogen (secondary N) is 3. The van der Waals surface area contributed by atoms with Crippen LogP contribution in [0.5, 0.6) is 0 Å². The predicted molar refractivity (Wildman–Crippen MR) is 113 cm³/mol. The number of alkyl halides is 3. The fraction of sp³-hybridized carbons (Fsp3) is 0.0476. The van der Waals surface area contributed by atoms with Crippen molar-refractivity contribution in [3.8, 4) is 0 Å². The number of hydrogen-bond donors (Lipinski definition) is 3. The maximum atomic E-state index is 12.8. The predicted octanol–water partition coefficient (Wildman–Crippen LogP) is 4.63. The SMILES string of the molecule is O=C(Nc1ccc2[nH]ncc2c1)c1ccc(S(=O)(=O)Nc2cccc(C(F)(F)F)c2)cc1. The van der Waals surface area contributed by atoms with E-state index in [0.29, 0.717) is 11.8 Å². The molecule has 0 aliphatic carbocycles. The van der Waals surface area contributed by atoms with Crippen molar-refractivity contribution in [2.75, 3.05) is 10.0 Å². The Labute approximate surface area is 180 Å². The first kappa shape index (κ1) is 21.4. The molecule has 1 heterocycles. The van der Waals surface area contributed by atoms with Gasteiger partial charge < -0.3 is 5.32 Å². The van der Waals surface area contributed by atoms with E-state index in [0.717, 1.165) is 23.0 Å². The molecule has 3 aromatic carbocycles.